The van der Waals surface area contributed by atoms with E-state index in [1.54, 1.807) is 0 Å². The molecule has 24 heavy (non-hydrogen) atoms. The van der Waals surface area contributed by atoms with Crippen LogP contribution in [0.5, 0.6) is 0 Å². The highest BCUT2D eigenvalue weighted by Crippen LogP contribution is 2.34. The zero-order valence-electron chi connectivity index (χ0n) is 15.1. The number of guanidine groups is 1. The summed E-state index contributed by atoms with van der Waals surface area (Å²) in [6, 6.07) is 0.743. The highest BCUT2D eigenvalue weighted by atomic mass is 16.5. The smallest absolute Gasteiger partial charge is 0.224 e. The molecule has 4 unspecified atom stereocenters. The molecule has 3 saturated heterocycles. The van der Waals surface area contributed by atoms with Crippen LogP contribution in [-0.2, 0) is 9.53 Å². The van der Waals surface area contributed by atoms with Crippen LogP contribution < -0.4 is 10.6 Å². The molecule has 0 aromatic carbocycles. The van der Waals surface area contributed by atoms with Gasteiger partial charge in [-0.2, -0.15) is 0 Å². The number of piperidine rings is 1. The maximum Gasteiger partial charge on any atom is 0.224 e. The third-order valence-electron chi connectivity index (χ3n) is 5.49. The summed E-state index contributed by atoms with van der Waals surface area (Å²) in [6.07, 6.45) is 8.16. The number of likely N-dealkylation sites (tertiary alicyclic amines) is 1. The van der Waals surface area contributed by atoms with Crippen molar-refractivity contribution in [1.82, 2.24) is 15.5 Å². The number of fused-ring (bicyclic) bond motifs is 2. The summed E-state index contributed by atoms with van der Waals surface area (Å²) >= 11 is 0. The van der Waals surface area contributed by atoms with E-state index in [-0.39, 0.29) is 5.91 Å². The van der Waals surface area contributed by atoms with Gasteiger partial charge in [0.25, 0.3) is 0 Å². The Bertz CT molecular complexity index is 468. The quantitative estimate of drug-likeness (QED) is 0.592. The molecule has 2 N–H and O–H groups in total. The number of nitrogens with one attached hydrogen (secondary N) is 2. The van der Waals surface area contributed by atoms with Crippen molar-refractivity contribution in [1.29, 1.82) is 0 Å². The summed E-state index contributed by atoms with van der Waals surface area (Å²) in [7, 11) is 0. The normalized spacial score (nSPS) is 32.9. The number of amides is 1. The molecule has 6 heteroatoms. The highest BCUT2D eigenvalue weighted by Gasteiger charge is 2.41. The summed E-state index contributed by atoms with van der Waals surface area (Å²) < 4.78 is 5.89. The van der Waals surface area contributed by atoms with Gasteiger partial charge in [0.15, 0.2) is 5.96 Å². The monoisotopic (exact) mass is 336 g/mol. The number of carbonyl (C=O) groups is 1. The standard InChI is InChI=1S/C18H32N4O2/c1-3-19-18(21-15-12-14-7-8-16(15)24-14)20-10-9-17(23)22-11-5-4-6-13(22)2/h13-16H,3-12H2,1-2H3,(H2,19,20,21). The van der Waals surface area contributed by atoms with Crippen LogP contribution in [-0.4, -0.2) is 60.7 Å². The molecule has 3 aliphatic heterocycles. The van der Waals surface area contributed by atoms with Gasteiger partial charge in [-0.1, -0.05) is 0 Å². The van der Waals surface area contributed by atoms with Gasteiger partial charge in [0.1, 0.15) is 0 Å². The molecule has 0 spiro atoms. The van der Waals surface area contributed by atoms with E-state index in [0.717, 1.165) is 44.7 Å². The summed E-state index contributed by atoms with van der Waals surface area (Å²) in [5, 5.41) is 6.79. The van der Waals surface area contributed by atoms with Crippen LogP contribution in [0.15, 0.2) is 4.99 Å². The third-order valence-corrected chi connectivity index (χ3v) is 5.49. The molecular formula is C18H32N4O2. The van der Waals surface area contributed by atoms with Gasteiger partial charge < -0.3 is 20.3 Å². The lowest BCUT2D eigenvalue weighted by molar-refractivity contribution is -0.134. The summed E-state index contributed by atoms with van der Waals surface area (Å²) in [4.78, 5) is 19.0. The Kier molecular flexibility index (Phi) is 5.98. The van der Waals surface area contributed by atoms with Crippen molar-refractivity contribution in [3.05, 3.63) is 0 Å². The summed E-state index contributed by atoms with van der Waals surface area (Å²) in [6.45, 7) is 6.49. The molecule has 0 aromatic heterocycles. The first kappa shape index (κ1) is 17.5. The molecule has 0 aliphatic carbocycles. The minimum absolute atomic E-state index is 0.241. The van der Waals surface area contributed by atoms with E-state index in [4.69, 9.17) is 4.74 Å². The van der Waals surface area contributed by atoms with Crippen LogP contribution in [0.3, 0.4) is 0 Å². The molecular weight excluding hydrogens is 304 g/mol. The largest absolute Gasteiger partial charge is 0.373 e. The van der Waals surface area contributed by atoms with E-state index in [9.17, 15) is 4.79 Å². The van der Waals surface area contributed by atoms with Gasteiger partial charge in [-0.05, 0) is 52.4 Å². The number of nitrogens with zero attached hydrogens (tertiary/aromatic N) is 2. The molecule has 4 atom stereocenters. The fourth-order valence-electron chi connectivity index (χ4n) is 4.16. The molecule has 3 heterocycles. The van der Waals surface area contributed by atoms with E-state index in [2.05, 4.69) is 29.5 Å². The highest BCUT2D eigenvalue weighted by molar-refractivity contribution is 5.81. The minimum Gasteiger partial charge on any atom is -0.373 e. The van der Waals surface area contributed by atoms with Crippen molar-refractivity contribution in [3.63, 3.8) is 0 Å². The van der Waals surface area contributed by atoms with Gasteiger partial charge in [0.05, 0.1) is 24.8 Å². The predicted octanol–water partition coefficient (Wildman–Crippen LogP) is 1.65. The second kappa shape index (κ2) is 8.19. The number of aliphatic imine (C=N–C) groups is 1. The van der Waals surface area contributed by atoms with Gasteiger partial charge in [-0.15, -0.1) is 0 Å². The van der Waals surface area contributed by atoms with E-state index in [0.29, 0.717) is 37.3 Å². The van der Waals surface area contributed by atoms with Crippen molar-refractivity contribution >= 4 is 11.9 Å². The van der Waals surface area contributed by atoms with Crippen molar-refractivity contribution in [2.75, 3.05) is 19.6 Å². The third kappa shape index (κ3) is 4.21. The summed E-state index contributed by atoms with van der Waals surface area (Å²) in [5.41, 5.74) is 0. The molecule has 6 nitrogen and oxygen atoms in total. The van der Waals surface area contributed by atoms with Gasteiger partial charge in [0.2, 0.25) is 5.91 Å². The molecule has 136 valence electrons. The van der Waals surface area contributed by atoms with Crippen LogP contribution in [0.25, 0.3) is 0 Å². The van der Waals surface area contributed by atoms with Crippen molar-refractivity contribution in [2.24, 2.45) is 4.99 Å². The summed E-state index contributed by atoms with van der Waals surface area (Å²) in [5.74, 6) is 1.06. The fraction of sp³-hybridized carbons (Fsp3) is 0.889. The van der Waals surface area contributed by atoms with Gasteiger partial charge >= 0.3 is 0 Å². The zero-order valence-corrected chi connectivity index (χ0v) is 15.1. The van der Waals surface area contributed by atoms with Crippen LogP contribution in [0.1, 0.15) is 58.8 Å². The second-order valence-electron chi connectivity index (χ2n) is 7.30. The Morgan fingerprint density at radius 1 is 1.29 bits per heavy atom. The van der Waals surface area contributed by atoms with Crippen LogP contribution in [0, 0.1) is 0 Å². The van der Waals surface area contributed by atoms with Crippen LogP contribution >= 0.6 is 0 Å². The van der Waals surface area contributed by atoms with E-state index in [1.165, 1.54) is 12.8 Å². The van der Waals surface area contributed by atoms with Gasteiger partial charge in [-0.3, -0.25) is 9.79 Å². The Balaban J connectivity index is 1.47. The van der Waals surface area contributed by atoms with E-state index >= 15 is 0 Å². The average Bonchev–Trinajstić information content (AvgIpc) is 3.18. The second-order valence-corrected chi connectivity index (χ2v) is 7.30. The molecule has 1 amide bonds. The zero-order chi connectivity index (χ0) is 16.9. The molecule has 3 aliphatic rings. The van der Waals surface area contributed by atoms with Crippen molar-refractivity contribution in [2.45, 2.75) is 83.1 Å². The van der Waals surface area contributed by atoms with Crippen LogP contribution in [0.4, 0.5) is 0 Å². The number of carbonyl (C=O) groups excluding carboxylic acids is 1. The maximum atomic E-state index is 12.4. The molecule has 0 radical (unpaired) electrons. The topological polar surface area (TPSA) is 66.0 Å². The Labute approximate surface area is 145 Å². The molecule has 2 bridgehead atoms. The Morgan fingerprint density at radius 2 is 2.17 bits per heavy atom. The first-order chi connectivity index (χ1) is 11.7. The van der Waals surface area contributed by atoms with Gasteiger partial charge in [-0.25, -0.2) is 0 Å². The van der Waals surface area contributed by atoms with Crippen molar-refractivity contribution < 1.29 is 9.53 Å². The maximum absolute atomic E-state index is 12.4. The first-order valence-corrected chi connectivity index (χ1v) is 9.67. The Morgan fingerprint density at radius 3 is 2.83 bits per heavy atom. The predicted molar refractivity (Wildman–Crippen MR) is 95.1 cm³/mol. The number of hydrogen-bond donors (Lipinski definition) is 2. The lowest BCUT2D eigenvalue weighted by Crippen LogP contribution is -2.47. The van der Waals surface area contributed by atoms with Crippen molar-refractivity contribution in [3.8, 4) is 0 Å². The molecule has 0 saturated carbocycles. The van der Waals surface area contributed by atoms with Crippen LogP contribution in [0.2, 0.25) is 0 Å². The number of ether oxygens (including phenoxy) is 1. The number of rotatable bonds is 5. The number of hydrogen-bond acceptors (Lipinski definition) is 3. The SMILES string of the molecule is CCNC(=NCCC(=O)N1CCCCC1C)NC1CC2CCC1O2. The lowest BCUT2D eigenvalue weighted by atomic mass is 9.96. The average molecular weight is 336 g/mol. The fourth-order valence-corrected chi connectivity index (χ4v) is 4.16. The first-order valence-electron chi connectivity index (χ1n) is 9.67. The molecule has 3 rings (SSSR count). The molecule has 3 fully saturated rings. The van der Waals surface area contributed by atoms with Gasteiger partial charge in [0, 0.05) is 25.6 Å². The minimum atomic E-state index is 0.241. The molecule has 0 aromatic rings. The Hall–Kier alpha value is -1.30. The lowest BCUT2D eigenvalue weighted by Gasteiger charge is -2.33. The van der Waals surface area contributed by atoms with E-state index < -0.39 is 0 Å². The van der Waals surface area contributed by atoms with E-state index in [1.807, 2.05) is 4.90 Å².